The molecule has 0 bridgehead atoms. The van der Waals surface area contributed by atoms with Crippen LogP contribution in [0.25, 0.3) is 11.0 Å². The normalized spacial score (nSPS) is 15.9. The number of amides is 2. The molecule has 3 N–H and O–H groups in total. The second-order valence-corrected chi connectivity index (χ2v) is 12.8. The van der Waals surface area contributed by atoms with Crippen molar-refractivity contribution in [2.45, 2.75) is 43.0 Å². The van der Waals surface area contributed by atoms with Crippen molar-refractivity contribution in [3.63, 3.8) is 0 Å². The Bertz CT molecular complexity index is 1960. The molecule has 20 heteroatoms. The maximum atomic E-state index is 13.8. The summed E-state index contributed by atoms with van der Waals surface area (Å²) >= 11 is 0. The number of piperazine rings is 1. The molecule has 5 rings (SSSR count). The number of pyridine rings is 1. The number of benzene rings is 2. The van der Waals surface area contributed by atoms with Crippen LogP contribution in [0.5, 0.6) is 11.5 Å². The molecule has 50 heavy (non-hydrogen) atoms. The molecule has 2 aromatic heterocycles. The number of nitrogens with zero attached hydrogens (tertiary/aromatic N) is 5. The summed E-state index contributed by atoms with van der Waals surface area (Å²) in [5.41, 5.74) is 7.07. The molecule has 266 valence electrons. The van der Waals surface area contributed by atoms with E-state index in [1.807, 2.05) is 0 Å². The first kappa shape index (κ1) is 36.1. The zero-order valence-electron chi connectivity index (χ0n) is 25.6. The first-order valence-electron chi connectivity index (χ1n) is 14.6. The van der Waals surface area contributed by atoms with Crippen molar-refractivity contribution in [2.75, 3.05) is 24.5 Å². The fourth-order valence-corrected chi connectivity index (χ4v) is 6.68. The molecule has 0 saturated carbocycles. The van der Waals surface area contributed by atoms with Gasteiger partial charge in [0.15, 0.2) is 0 Å². The summed E-state index contributed by atoms with van der Waals surface area (Å²) in [6.07, 6.45) is -5.27. The van der Waals surface area contributed by atoms with Crippen LogP contribution in [0.2, 0.25) is 0 Å². The van der Waals surface area contributed by atoms with Crippen molar-refractivity contribution in [3.8, 4) is 11.5 Å². The summed E-state index contributed by atoms with van der Waals surface area (Å²) in [6.45, 7) is -0.707. The monoisotopic (exact) mass is 727 g/mol. The number of sulfonamides is 1. The Hall–Kier alpha value is -5.24. The van der Waals surface area contributed by atoms with Gasteiger partial charge in [-0.05, 0) is 53.9 Å². The van der Waals surface area contributed by atoms with Crippen LogP contribution in [0.3, 0.4) is 0 Å². The number of anilines is 1. The van der Waals surface area contributed by atoms with E-state index in [0.717, 1.165) is 40.7 Å². The maximum absolute atomic E-state index is 13.8. The highest BCUT2D eigenvalue weighted by atomic mass is 32.2. The van der Waals surface area contributed by atoms with Crippen LogP contribution in [0.15, 0.2) is 72.0 Å². The number of aryl methyl sites for hydroxylation is 1. The van der Waals surface area contributed by atoms with Crippen LogP contribution in [0.4, 0.5) is 32.2 Å². The van der Waals surface area contributed by atoms with E-state index in [4.69, 9.17) is 5.73 Å². The highest BCUT2D eigenvalue weighted by Gasteiger charge is 2.41. The zero-order chi connectivity index (χ0) is 36.3. The van der Waals surface area contributed by atoms with Crippen LogP contribution < -0.4 is 25.4 Å². The highest BCUT2D eigenvalue weighted by Crippen LogP contribution is 2.29. The SMILES string of the molecule is NC(=O)CCc1cncc2ncc(N3CCN(S(=O)(=O)c4ccc(OC(F)(F)F)cc4)[C@@H](C(=O)NCc4ccc(OC(F)(F)F)cc4)C3)nc12. The molecular formula is C30H27F6N7O6S. The van der Waals surface area contributed by atoms with Gasteiger partial charge in [0.25, 0.3) is 0 Å². The summed E-state index contributed by atoms with van der Waals surface area (Å²) in [7, 11) is -4.49. The topological polar surface area (TPSA) is 170 Å². The second kappa shape index (κ2) is 14.3. The largest absolute Gasteiger partial charge is 0.573 e. The molecule has 0 aliphatic carbocycles. The Labute approximate surface area is 280 Å². The summed E-state index contributed by atoms with van der Waals surface area (Å²) in [5.74, 6) is -2.18. The Morgan fingerprint density at radius 3 is 2.12 bits per heavy atom. The number of fused-ring (bicyclic) bond motifs is 1. The summed E-state index contributed by atoms with van der Waals surface area (Å²) in [4.78, 5) is 39.4. The van der Waals surface area contributed by atoms with Gasteiger partial charge in [-0.15, -0.1) is 26.3 Å². The standard InChI is InChI=1S/C30H27F6N7O6S/c31-29(32,33)48-20-4-1-18(2-5-20)13-40-28(45)24-17-42(26-16-39-23-15-38-14-19(27(23)41-26)3-10-25(37)44)11-12-43(24)50(46,47)22-8-6-21(7-9-22)49-30(34,35)36/h1-2,4-9,14-16,24H,3,10-13,17H2,(H2,37,44)(H,40,45)/t24-/m1/s1. The maximum Gasteiger partial charge on any atom is 0.573 e. The molecule has 0 radical (unpaired) electrons. The van der Waals surface area contributed by atoms with E-state index in [1.54, 1.807) is 4.90 Å². The van der Waals surface area contributed by atoms with Crippen molar-refractivity contribution in [1.29, 1.82) is 0 Å². The first-order chi connectivity index (χ1) is 23.5. The van der Waals surface area contributed by atoms with Crippen LogP contribution in [0, 0.1) is 0 Å². The molecule has 4 aromatic rings. The molecule has 1 atom stereocenters. The number of rotatable bonds is 11. The van der Waals surface area contributed by atoms with Crippen LogP contribution >= 0.6 is 0 Å². The zero-order valence-corrected chi connectivity index (χ0v) is 26.4. The number of nitrogens with two attached hydrogens (primary N) is 1. The lowest BCUT2D eigenvalue weighted by Gasteiger charge is -2.40. The first-order valence-corrected chi connectivity index (χ1v) is 16.1. The van der Waals surface area contributed by atoms with Gasteiger partial charge >= 0.3 is 12.7 Å². The molecule has 1 saturated heterocycles. The summed E-state index contributed by atoms with van der Waals surface area (Å²) < 4.78 is 112. The van der Waals surface area contributed by atoms with Gasteiger partial charge in [0.1, 0.15) is 28.9 Å². The van der Waals surface area contributed by atoms with Crippen molar-refractivity contribution in [2.24, 2.45) is 5.73 Å². The number of alkyl halides is 6. The van der Waals surface area contributed by atoms with Gasteiger partial charge in [-0.2, -0.15) is 4.31 Å². The Morgan fingerprint density at radius 1 is 0.900 bits per heavy atom. The van der Waals surface area contributed by atoms with E-state index in [-0.39, 0.29) is 44.8 Å². The third-order valence-electron chi connectivity index (χ3n) is 7.41. The molecule has 13 nitrogen and oxygen atoms in total. The molecule has 0 unspecified atom stereocenters. The predicted octanol–water partition coefficient (Wildman–Crippen LogP) is 3.44. The Balaban J connectivity index is 1.41. The lowest BCUT2D eigenvalue weighted by Crippen LogP contribution is -2.60. The molecule has 0 spiro atoms. The van der Waals surface area contributed by atoms with E-state index < -0.39 is 57.0 Å². The van der Waals surface area contributed by atoms with Crippen molar-refractivity contribution in [3.05, 3.63) is 78.2 Å². The third-order valence-corrected chi connectivity index (χ3v) is 9.33. The van der Waals surface area contributed by atoms with Gasteiger partial charge in [-0.1, -0.05) is 12.1 Å². The van der Waals surface area contributed by atoms with Gasteiger partial charge in [-0.25, -0.2) is 18.4 Å². The van der Waals surface area contributed by atoms with E-state index >= 15 is 0 Å². The summed E-state index contributed by atoms with van der Waals surface area (Å²) in [6, 6.07) is 6.72. The van der Waals surface area contributed by atoms with Crippen LogP contribution in [-0.4, -0.2) is 77.9 Å². The molecule has 1 aliphatic rings. The van der Waals surface area contributed by atoms with Crippen LogP contribution in [-0.2, 0) is 32.6 Å². The number of primary amides is 1. The second-order valence-electron chi connectivity index (χ2n) is 10.9. The van der Waals surface area contributed by atoms with E-state index in [9.17, 15) is 44.3 Å². The van der Waals surface area contributed by atoms with Crippen molar-refractivity contribution >= 4 is 38.7 Å². The van der Waals surface area contributed by atoms with Gasteiger partial charge in [-0.3, -0.25) is 14.6 Å². The highest BCUT2D eigenvalue weighted by molar-refractivity contribution is 7.89. The fraction of sp³-hybridized carbons (Fsp3) is 0.300. The molecule has 1 fully saturated rings. The van der Waals surface area contributed by atoms with E-state index in [1.165, 1.54) is 30.7 Å². The predicted molar refractivity (Wildman–Crippen MR) is 163 cm³/mol. The number of carbonyl (C=O) groups excluding carboxylic acids is 2. The van der Waals surface area contributed by atoms with E-state index in [0.29, 0.717) is 22.2 Å². The van der Waals surface area contributed by atoms with Gasteiger partial charge in [0, 0.05) is 38.8 Å². The molecule has 1 aliphatic heterocycles. The van der Waals surface area contributed by atoms with Gasteiger partial charge < -0.3 is 25.4 Å². The van der Waals surface area contributed by atoms with Crippen molar-refractivity contribution < 1.29 is 53.8 Å². The van der Waals surface area contributed by atoms with Gasteiger partial charge in [0.05, 0.1) is 22.8 Å². The average Bonchev–Trinajstić information content (AvgIpc) is 3.05. The lowest BCUT2D eigenvalue weighted by molar-refractivity contribution is -0.275. The quantitative estimate of drug-likeness (QED) is 0.218. The smallest absolute Gasteiger partial charge is 0.406 e. The lowest BCUT2D eigenvalue weighted by atomic mass is 10.1. The number of halogens is 6. The van der Waals surface area contributed by atoms with Crippen LogP contribution in [0.1, 0.15) is 17.5 Å². The third kappa shape index (κ3) is 9.05. The summed E-state index contributed by atoms with van der Waals surface area (Å²) in [5, 5.41) is 2.60. The number of hydrogen-bond acceptors (Lipinski definition) is 10. The number of aromatic nitrogens is 3. The fourth-order valence-electron chi connectivity index (χ4n) is 5.11. The van der Waals surface area contributed by atoms with Gasteiger partial charge in [0.2, 0.25) is 21.8 Å². The molecular weight excluding hydrogens is 700 g/mol. The minimum atomic E-state index is -5.00. The van der Waals surface area contributed by atoms with Crippen molar-refractivity contribution in [1.82, 2.24) is 24.6 Å². The minimum absolute atomic E-state index is 0.0147. The Kier molecular flexibility index (Phi) is 10.3. The minimum Gasteiger partial charge on any atom is -0.406 e. The molecule has 2 aromatic carbocycles. The Morgan fingerprint density at radius 2 is 1.52 bits per heavy atom. The number of ether oxygens (including phenoxy) is 2. The molecule has 3 heterocycles. The average molecular weight is 728 g/mol. The van der Waals surface area contributed by atoms with E-state index in [2.05, 4.69) is 29.7 Å². The molecule has 2 amide bonds. The number of hydrogen-bond donors (Lipinski definition) is 2. The number of nitrogens with one attached hydrogen (secondary N) is 1. The number of carbonyl (C=O) groups is 2.